The fourth-order valence-corrected chi connectivity index (χ4v) is 7.16. The van der Waals surface area contributed by atoms with E-state index >= 15 is 4.39 Å². The second kappa shape index (κ2) is 9.52. The van der Waals surface area contributed by atoms with Gasteiger partial charge in [0.2, 0.25) is 0 Å². The second-order valence-electron chi connectivity index (χ2n) is 11.1. The number of fused-ring (bicyclic) bond motifs is 4. The number of nitrogens with one attached hydrogen (secondary N) is 1. The zero-order valence-electron chi connectivity index (χ0n) is 21.4. The molecule has 0 radical (unpaired) electrons. The zero-order chi connectivity index (χ0) is 25.8. The van der Waals surface area contributed by atoms with Crippen LogP contribution in [0.5, 0.6) is 0 Å². The van der Waals surface area contributed by atoms with E-state index in [9.17, 15) is 0 Å². The van der Waals surface area contributed by atoms with Crippen LogP contribution < -0.4 is 9.80 Å². The minimum absolute atomic E-state index is 0.294. The van der Waals surface area contributed by atoms with Crippen molar-refractivity contribution in [3.05, 3.63) is 47.5 Å². The first-order chi connectivity index (χ1) is 18.5. The molecule has 4 fully saturated rings. The van der Waals surface area contributed by atoms with Crippen molar-refractivity contribution in [1.29, 1.82) is 0 Å². The van der Waals surface area contributed by atoms with Gasteiger partial charge in [-0.25, -0.2) is 24.3 Å². The van der Waals surface area contributed by atoms with Crippen molar-refractivity contribution in [2.24, 2.45) is 23.7 Å². The van der Waals surface area contributed by atoms with Crippen molar-refractivity contribution in [2.75, 3.05) is 36.0 Å². The highest BCUT2D eigenvalue weighted by Gasteiger charge is 2.42. The van der Waals surface area contributed by atoms with Crippen molar-refractivity contribution in [3.8, 4) is 11.4 Å². The molecule has 2 atom stereocenters. The highest BCUT2D eigenvalue weighted by molar-refractivity contribution is 6.29. The quantitative estimate of drug-likeness (QED) is 0.348. The lowest BCUT2D eigenvalue weighted by Gasteiger charge is -2.47. The normalized spacial score (nSPS) is 25.4. The molecule has 1 saturated heterocycles. The molecule has 3 aliphatic carbocycles. The molecule has 0 spiro atoms. The lowest BCUT2D eigenvalue weighted by atomic mass is 9.58. The minimum Gasteiger partial charge on any atom is -0.449 e. The maximum atomic E-state index is 16.3. The highest BCUT2D eigenvalue weighted by atomic mass is 35.5. The number of hydrogen-bond donors (Lipinski definition) is 1. The van der Waals surface area contributed by atoms with Crippen LogP contribution in [0, 0.1) is 29.5 Å². The number of H-pyrrole nitrogens is 1. The summed E-state index contributed by atoms with van der Waals surface area (Å²) in [5.41, 5.74) is 2.39. The van der Waals surface area contributed by atoms with Crippen molar-refractivity contribution in [2.45, 2.75) is 39.0 Å². The predicted molar refractivity (Wildman–Crippen MR) is 145 cm³/mol. The van der Waals surface area contributed by atoms with Crippen molar-refractivity contribution < 1.29 is 8.81 Å². The molecular weight excluding hydrogens is 505 g/mol. The van der Waals surface area contributed by atoms with Crippen molar-refractivity contribution in [3.63, 3.8) is 0 Å². The topological polar surface area (TPSA) is 87.0 Å². The van der Waals surface area contributed by atoms with E-state index in [0.29, 0.717) is 76.5 Å². The Morgan fingerprint density at radius 3 is 2.55 bits per heavy atom. The number of aromatic nitrogens is 5. The number of nitrogens with zero attached hydrogens (tertiary/aromatic N) is 6. The zero-order valence-corrected chi connectivity index (χ0v) is 22.2. The number of piperazine rings is 1. The summed E-state index contributed by atoms with van der Waals surface area (Å²) < 4.78 is 21.9. The van der Waals surface area contributed by atoms with Gasteiger partial charge in [0.15, 0.2) is 29.0 Å². The molecule has 3 saturated carbocycles. The number of rotatable bonds is 5. The number of aromatic amines is 1. The van der Waals surface area contributed by atoms with Crippen LogP contribution >= 0.6 is 11.6 Å². The third kappa shape index (κ3) is 4.11. The van der Waals surface area contributed by atoms with Crippen molar-refractivity contribution in [1.82, 2.24) is 24.9 Å². The molecule has 0 amide bonds. The molecule has 1 aliphatic heterocycles. The Morgan fingerprint density at radius 2 is 1.82 bits per heavy atom. The summed E-state index contributed by atoms with van der Waals surface area (Å²) in [6, 6.07) is 3.85. The van der Waals surface area contributed by atoms with E-state index in [4.69, 9.17) is 26.0 Å². The molecule has 4 aromatic rings. The fourth-order valence-electron chi connectivity index (χ4n) is 7.03. The lowest BCUT2D eigenvalue weighted by molar-refractivity contribution is 0.0334. The molecule has 2 bridgehead atoms. The molecular formula is C28H31ClFN7O. The minimum atomic E-state index is -0.294. The molecule has 4 aromatic heterocycles. The Bertz CT molecular complexity index is 1440. The maximum Gasteiger partial charge on any atom is 0.195 e. The Balaban J connectivity index is 1.27. The summed E-state index contributed by atoms with van der Waals surface area (Å²) in [6.45, 7) is 5.07. The van der Waals surface area contributed by atoms with Gasteiger partial charge in [0.05, 0.1) is 23.7 Å². The van der Waals surface area contributed by atoms with E-state index in [-0.39, 0.29) is 5.82 Å². The van der Waals surface area contributed by atoms with Crippen LogP contribution in [-0.2, 0) is 6.42 Å². The van der Waals surface area contributed by atoms with E-state index in [1.54, 1.807) is 12.5 Å². The fraction of sp³-hybridized carbons (Fsp3) is 0.500. The Labute approximate surface area is 225 Å². The van der Waals surface area contributed by atoms with E-state index in [1.807, 2.05) is 17.0 Å². The summed E-state index contributed by atoms with van der Waals surface area (Å²) >= 11 is 6.17. The molecule has 10 heteroatoms. The molecule has 5 heterocycles. The summed E-state index contributed by atoms with van der Waals surface area (Å²) in [6.07, 6.45) is 10.7. The maximum absolute atomic E-state index is 16.3. The monoisotopic (exact) mass is 535 g/mol. The van der Waals surface area contributed by atoms with Gasteiger partial charge in [-0.1, -0.05) is 18.5 Å². The summed E-state index contributed by atoms with van der Waals surface area (Å²) in [5.74, 6) is 3.78. The van der Waals surface area contributed by atoms with Gasteiger partial charge in [0.25, 0.3) is 0 Å². The largest absolute Gasteiger partial charge is 0.449 e. The van der Waals surface area contributed by atoms with Gasteiger partial charge in [-0.2, -0.15) is 0 Å². The number of halogens is 2. The van der Waals surface area contributed by atoms with Crippen LogP contribution in [-0.4, -0.2) is 51.1 Å². The molecule has 4 aliphatic rings. The van der Waals surface area contributed by atoms with Gasteiger partial charge in [0, 0.05) is 38.4 Å². The summed E-state index contributed by atoms with van der Waals surface area (Å²) in [4.78, 5) is 25.8. The van der Waals surface area contributed by atoms with Gasteiger partial charge in [0.1, 0.15) is 10.7 Å². The third-order valence-electron chi connectivity index (χ3n) is 9.16. The highest BCUT2D eigenvalue weighted by Crippen LogP contribution is 2.50. The molecule has 1 N–H and O–H groups in total. The number of anilines is 2. The van der Waals surface area contributed by atoms with Gasteiger partial charge in [-0.15, -0.1) is 0 Å². The van der Waals surface area contributed by atoms with Crippen LogP contribution in [0.2, 0.25) is 5.15 Å². The Kier molecular flexibility index (Phi) is 5.98. The molecule has 0 unspecified atom stereocenters. The Hall–Kier alpha value is -3.20. The summed E-state index contributed by atoms with van der Waals surface area (Å²) in [5, 5.41) is 0.294. The van der Waals surface area contributed by atoms with Crippen LogP contribution in [0.1, 0.15) is 38.3 Å². The average Bonchev–Trinajstić information content (AvgIpc) is 3.63. The standard InChI is InChI=1S/C28H31ClFN7O/c1-16-17-4-6-18(7-5-17)19(16)13-21-24(30)28(37-10-8-36(9-11-37)23-3-2-12-38-23)35-26(33-21)20-14-31-27-25(20)34-22(29)15-32-27/h2-3,12,14-19H,4-11,13H2,1H3,(H,31,32)/t16-,17?,18?,19+/m0/s1. The van der Waals surface area contributed by atoms with Gasteiger partial charge < -0.3 is 19.2 Å². The summed E-state index contributed by atoms with van der Waals surface area (Å²) in [7, 11) is 0. The van der Waals surface area contributed by atoms with E-state index in [0.717, 1.165) is 24.9 Å². The van der Waals surface area contributed by atoms with E-state index in [1.165, 1.54) is 31.9 Å². The van der Waals surface area contributed by atoms with Gasteiger partial charge >= 0.3 is 0 Å². The van der Waals surface area contributed by atoms with E-state index in [2.05, 4.69) is 26.8 Å². The van der Waals surface area contributed by atoms with Crippen LogP contribution in [0.25, 0.3) is 22.6 Å². The molecule has 198 valence electrons. The van der Waals surface area contributed by atoms with Gasteiger partial charge in [-0.3, -0.25) is 0 Å². The smallest absolute Gasteiger partial charge is 0.195 e. The van der Waals surface area contributed by atoms with Crippen LogP contribution in [0.3, 0.4) is 0 Å². The second-order valence-corrected chi connectivity index (χ2v) is 11.4. The predicted octanol–water partition coefficient (Wildman–Crippen LogP) is 5.74. The first kappa shape index (κ1) is 23.9. The average molecular weight is 536 g/mol. The van der Waals surface area contributed by atoms with Crippen LogP contribution in [0.4, 0.5) is 16.1 Å². The van der Waals surface area contributed by atoms with Gasteiger partial charge in [-0.05, 0) is 61.8 Å². The number of furan rings is 1. The Morgan fingerprint density at radius 1 is 1.05 bits per heavy atom. The SMILES string of the molecule is C[C@H]1C2CCC(CC2)[C@@H]1Cc1nc(-c2c[nH]c3ncc(Cl)nc23)nc(N2CCN(c3ccco3)CC2)c1F. The third-order valence-corrected chi connectivity index (χ3v) is 9.34. The molecule has 8 nitrogen and oxygen atoms in total. The number of hydrogen-bond acceptors (Lipinski definition) is 7. The van der Waals surface area contributed by atoms with Crippen molar-refractivity contribution >= 4 is 34.5 Å². The van der Waals surface area contributed by atoms with E-state index < -0.39 is 0 Å². The van der Waals surface area contributed by atoms with Crippen LogP contribution in [0.15, 0.2) is 35.2 Å². The first-order valence-corrected chi connectivity index (χ1v) is 14.0. The molecule has 8 rings (SSSR count). The first-order valence-electron chi connectivity index (χ1n) is 13.6. The molecule has 38 heavy (non-hydrogen) atoms. The molecule has 0 aromatic carbocycles. The lowest BCUT2D eigenvalue weighted by Crippen LogP contribution is -2.47.